The SMILES string of the molecule is C=C(OCCCCCCCCCCCCOC(=O)C1CC=C(CC/C=C(\C)CCC=C(C)C)CC1)C1CC=C(CC/C=C(\C)CCC=C(C)C)CC1. The third-order valence-corrected chi connectivity index (χ3v) is 11.0. The predicted octanol–water partition coefficient (Wildman–Crippen LogP) is 15.4. The normalized spacial score (nSPS) is 18.0. The average molecular weight is 717 g/mol. The van der Waals surface area contributed by atoms with Gasteiger partial charge >= 0.3 is 5.97 Å². The highest BCUT2D eigenvalue weighted by atomic mass is 16.5. The Labute approximate surface area is 322 Å². The molecule has 2 unspecified atom stereocenters. The summed E-state index contributed by atoms with van der Waals surface area (Å²) in [6, 6.07) is 0. The van der Waals surface area contributed by atoms with Crippen molar-refractivity contribution >= 4 is 5.97 Å². The fraction of sp³-hybridized carbons (Fsp3) is 0.694. The number of carbonyl (C=O) groups is 1. The molecule has 3 heteroatoms. The third kappa shape index (κ3) is 23.2. The highest BCUT2D eigenvalue weighted by molar-refractivity contribution is 5.72. The number of hydrogen-bond donors (Lipinski definition) is 0. The van der Waals surface area contributed by atoms with Crippen molar-refractivity contribution in [2.24, 2.45) is 11.8 Å². The van der Waals surface area contributed by atoms with Gasteiger partial charge in [-0.2, -0.15) is 0 Å². The molecule has 0 bridgehead atoms. The van der Waals surface area contributed by atoms with Gasteiger partial charge in [0.25, 0.3) is 0 Å². The van der Waals surface area contributed by atoms with Crippen LogP contribution in [0.4, 0.5) is 0 Å². The summed E-state index contributed by atoms with van der Waals surface area (Å²) < 4.78 is 11.7. The molecule has 0 saturated carbocycles. The lowest BCUT2D eigenvalue weighted by Crippen LogP contribution is -2.20. The van der Waals surface area contributed by atoms with Crippen LogP contribution in [0.2, 0.25) is 0 Å². The summed E-state index contributed by atoms with van der Waals surface area (Å²) in [5.41, 5.74) is 8.97. The minimum absolute atomic E-state index is 0.0239. The van der Waals surface area contributed by atoms with E-state index < -0.39 is 0 Å². The Bertz CT molecular complexity index is 1100. The van der Waals surface area contributed by atoms with Crippen LogP contribution in [-0.4, -0.2) is 19.2 Å². The molecular formula is C49H80O3. The van der Waals surface area contributed by atoms with Crippen molar-refractivity contribution in [3.8, 4) is 0 Å². The van der Waals surface area contributed by atoms with Gasteiger partial charge in [0.15, 0.2) is 0 Å². The number of hydrogen-bond acceptors (Lipinski definition) is 3. The monoisotopic (exact) mass is 717 g/mol. The summed E-state index contributed by atoms with van der Waals surface area (Å²) in [6.07, 6.45) is 42.2. The lowest BCUT2D eigenvalue weighted by atomic mass is 9.87. The Morgan fingerprint density at radius 3 is 1.44 bits per heavy atom. The van der Waals surface area contributed by atoms with Crippen LogP contribution in [0, 0.1) is 11.8 Å². The molecule has 3 nitrogen and oxygen atoms in total. The van der Waals surface area contributed by atoms with Gasteiger partial charge in [0, 0.05) is 5.92 Å². The van der Waals surface area contributed by atoms with Gasteiger partial charge in [-0.3, -0.25) is 4.79 Å². The maximum absolute atomic E-state index is 12.6. The smallest absolute Gasteiger partial charge is 0.309 e. The van der Waals surface area contributed by atoms with Crippen molar-refractivity contribution in [1.82, 2.24) is 0 Å². The van der Waals surface area contributed by atoms with Crippen LogP contribution >= 0.6 is 0 Å². The molecule has 0 radical (unpaired) electrons. The highest BCUT2D eigenvalue weighted by Crippen LogP contribution is 2.31. The molecule has 0 aromatic rings. The fourth-order valence-electron chi connectivity index (χ4n) is 7.36. The Morgan fingerprint density at radius 1 is 0.596 bits per heavy atom. The first-order chi connectivity index (χ1) is 25.1. The zero-order chi connectivity index (χ0) is 37.8. The van der Waals surface area contributed by atoms with Crippen LogP contribution in [-0.2, 0) is 14.3 Å². The minimum Gasteiger partial charge on any atom is -0.498 e. The molecule has 0 aromatic heterocycles. The van der Waals surface area contributed by atoms with E-state index in [1.807, 2.05) is 0 Å². The fourth-order valence-corrected chi connectivity index (χ4v) is 7.36. The molecule has 0 fully saturated rings. The van der Waals surface area contributed by atoms with Gasteiger partial charge in [-0.1, -0.05) is 128 Å². The predicted molar refractivity (Wildman–Crippen MR) is 226 cm³/mol. The summed E-state index contributed by atoms with van der Waals surface area (Å²) in [4.78, 5) is 12.6. The van der Waals surface area contributed by atoms with E-state index in [2.05, 4.69) is 84.6 Å². The van der Waals surface area contributed by atoms with Crippen LogP contribution in [0.15, 0.2) is 82.2 Å². The van der Waals surface area contributed by atoms with Crippen molar-refractivity contribution < 1.29 is 14.3 Å². The molecule has 0 N–H and O–H groups in total. The molecule has 2 aliphatic carbocycles. The second kappa shape index (κ2) is 28.9. The maximum Gasteiger partial charge on any atom is 0.309 e. The van der Waals surface area contributed by atoms with E-state index >= 15 is 0 Å². The van der Waals surface area contributed by atoms with Gasteiger partial charge < -0.3 is 9.47 Å². The van der Waals surface area contributed by atoms with Crippen molar-refractivity contribution in [3.63, 3.8) is 0 Å². The largest absolute Gasteiger partial charge is 0.498 e. The molecule has 0 spiro atoms. The molecule has 2 rings (SSSR count). The number of allylic oxidation sites excluding steroid dienone is 13. The van der Waals surface area contributed by atoms with Crippen molar-refractivity contribution in [2.45, 2.75) is 196 Å². The zero-order valence-corrected chi connectivity index (χ0v) is 34.9. The van der Waals surface area contributed by atoms with Crippen molar-refractivity contribution in [2.75, 3.05) is 13.2 Å². The van der Waals surface area contributed by atoms with Gasteiger partial charge in [0.1, 0.15) is 0 Å². The van der Waals surface area contributed by atoms with E-state index in [0.29, 0.717) is 12.5 Å². The van der Waals surface area contributed by atoms with Crippen molar-refractivity contribution in [3.05, 3.63) is 82.2 Å². The van der Waals surface area contributed by atoms with Crippen LogP contribution in [0.3, 0.4) is 0 Å². The molecule has 52 heavy (non-hydrogen) atoms. The molecular weight excluding hydrogens is 637 g/mol. The van der Waals surface area contributed by atoms with Crippen LogP contribution in [0.1, 0.15) is 196 Å². The van der Waals surface area contributed by atoms with E-state index in [4.69, 9.17) is 9.47 Å². The van der Waals surface area contributed by atoms with E-state index in [9.17, 15) is 4.79 Å². The quantitative estimate of drug-likeness (QED) is 0.0350. The van der Waals surface area contributed by atoms with E-state index in [0.717, 1.165) is 89.4 Å². The van der Waals surface area contributed by atoms with E-state index in [1.54, 1.807) is 5.57 Å². The first kappa shape index (κ1) is 45.6. The molecule has 0 aromatic carbocycles. The number of ether oxygens (including phenoxy) is 2. The zero-order valence-electron chi connectivity index (χ0n) is 34.9. The molecule has 294 valence electrons. The standard InChI is InChI=1S/C49H80O3/c1-40(2)22-18-24-42(5)26-20-28-45-30-34-47(35-31-45)44(7)51-38-16-14-12-10-8-9-11-13-15-17-39-52-49(50)48-36-32-46(33-37-48)29-21-27-43(6)25-19-23-41(3)4/h22-23,26-27,30,32,47-48H,7-21,24-25,28-29,31,33-39H2,1-6H3/b42-26+,43-27+. The Hall–Kier alpha value is -2.55. The lowest BCUT2D eigenvalue weighted by Gasteiger charge is -2.24. The summed E-state index contributed by atoms with van der Waals surface area (Å²) in [6.45, 7) is 18.9. The summed E-state index contributed by atoms with van der Waals surface area (Å²) in [7, 11) is 0. The maximum atomic E-state index is 12.6. The second-order valence-electron chi connectivity index (χ2n) is 16.5. The van der Waals surface area contributed by atoms with Gasteiger partial charge in [-0.25, -0.2) is 0 Å². The Balaban J connectivity index is 1.37. The number of carbonyl (C=O) groups excluding carboxylic acids is 1. The van der Waals surface area contributed by atoms with Gasteiger partial charge in [0.05, 0.1) is 24.9 Å². The number of esters is 1. The molecule has 0 saturated heterocycles. The molecule has 2 atom stereocenters. The first-order valence-electron chi connectivity index (χ1n) is 21.6. The highest BCUT2D eigenvalue weighted by Gasteiger charge is 2.22. The lowest BCUT2D eigenvalue weighted by molar-refractivity contribution is -0.149. The number of unbranched alkanes of at least 4 members (excludes halogenated alkanes) is 9. The van der Waals surface area contributed by atoms with E-state index in [-0.39, 0.29) is 11.9 Å². The van der Waals surface area contributed by atoms with Crippen molar-refractivity contribution in [1.29, 1.82) is 0 Å². The first-order valence-corrected chi connectivity index (χ1v) is 21.6. The summed E-state index contributed by atoms with van der Waals surface area (Å²) in [5.74, 6) is 1.59. The van der Waals surface area contributed by atoms with Gasteiger partial charge in [-0.15, -0.1) is 0 Å². The summed E-state index contributed by atoms with van der Waals surface area (Å²) >= 11 is 0. The van der Waals surface area contributed by atoms with Crippen LogP contribution < -0.4 is 0 Å². The topological polar surface area (TPSA) is 35.5 Å². The van der Waals surface area contributed by atoms with Gasteiger partial charge in [0.2, 0.25) is 0 Å². The minimum atomic E-state index is 0.0239. The molecule has 0 amide bonds. The molecule has 0 aliphatic heterocycles. The summed E-state index contributed by atoms with van der Waals surface area (Å²) in [5, 5.41) is 0. The molecule has 0 heterocycles. The van der Waals surface area contributed by atoms with Crippen LogP contribution in [0.5, 0.6) is 0 Å². The molecule has 2 aliphatic rings. The second-order valence-corrected chi connectivity index (χ2v) is 16.5. The van der Waals surface area contributed by atoms with Gasteiger partial charge in [-0.05, 0) is 144 Å². The Morgan fingerprint density at radius 2 is 1.02 bits per heavy atom. The van der Waals surface area contributed by atoms with E-state index in [1.165, 1.54) is 105 Å². The van der Waals surface area contributed by atoms with Crippen LogP contribution in [0.25, 0.3) is 0 Å². The average Bonchev–Trinajstić information content (AvgIpc) is 3.11. The Kier molecular flexibility index (Phi) is 25.3. The third-order valence-electron chi connectivity index (χ3n) is 11.0. The number of rotatable bonds is 28.